The highest BCUT2D eigenvalue weighted by atomic mass is 16.5. The second-order valence-electron chi connectivity index (χ2n) is 7.92. The van der Waals surface area contributed by atoms with Gasteiger partial charge in [0.2, 0.25) is 0 Å². The molecule has 1 saturated heterocycles. The van der Waals surface area contributed by atoms with Crippen molar-refractivity contribution in [3.63, 3.8) is 0 Å². The van der Waals surface area contributed by atoms with Crippen molar-refractivity contribution in [3.8, 4) is 5.75 Å². The number of anilines is 1. The summed E-state index contributed by atoms with van der Waals surface area (Å²) in [5.74, 6) is 1.72. The van der Waals surface area contributed by atoms with Crippen LogP contribution in [0.1, 0.15) is 36.6 Å². The summed E-state index contributed by atoms with van der Waals surface area (Å²) in [6.45, 7) is 4.75. The lowest BCUT2D eigenvalue weighted by atomic mass is 10.0. The zero-order chi connectivity index (χ0) is 19.1. The standard InChI is InChI=1S/C21H24N4O3/c1-21(4-5-21)28-15-3-2-14-10-22-20(17(14)8-15)18-9-19(24-13-23-18)25-6-7-27-16(11-25)12-26/h2-3,8-9,13,16,26H,4-7,10-12H2,1H3/t16-/m0/s1. The van der Waals surface area contributed by atoms with Crippen LogP contribution in [0.15, 0.2) is 35.6 Å². The first kappa shape index (κ1) is 17.6. The Morgan fingerprint density at radius 1 is 1.29 bits per heavy atom. The van der Waals surface area contributed by atoms with E-state index in [1.165, 1.54) is 5.56 Å². The summed E-state index contributed by atoms with van der Waals surface area (Å²) in [6.07, 6.45) is 3.61. The quantitative estimate of drug-likeness (QED) is 0.854. The zero-order valence-corrected chi connectivity index (χ0v) is 16.0. The lowest BCUT2D eigenvalue weighted by Gasteiger charge is -2.32. The summed E-state index contributed by atoms with van der Waals surface area (Å²) in [4.78, 5) is 15.8. The van der Waals surface area contributed by atoms with Crippen LogP contribution >= 0.6 is 0 Å². The van der Waals surface area contributed by atoms with E-state index in [2.05, 4.69) is 33.9 Å². The maximum atomic E-state index is 9.39. The average Bonchev–Trinajstić information content (AvgIpc) is 3.30. The van der Waals surface area contributed by atoms with Gasteiger partial charge in [0, 0.05) is 24.7 Å². The molecule has 0 unspecified atom stereocenters. The van der Waals surface area contributed by atoms with E-state index in [-0.39, 0.29) is 18.3 Å². The number of hydrogen-bond acceptors (Lipinski definition) is 7. The Hall–Kier alpha value is -2.51. The maximum absolute atomic E-state index is 9.39. The average molecular weight is 380 g/mol. The molecule has 1 aromatic carbocycles. The van der Waals surface area contributed by atoms with Gasteiger partial charge in [0.15, 0.2) is 0 Å². The zero-order valence-electron chi connectivity index (χ0n) is 16.0. The summed E-state index contributed by atoms with van der Waals surface area (Å²) >= 11 is 0. The minimum Gasteiger partial charge on any atom is -0.488 e. The molecule has 1 atom stereocenters. The number of ether oxygens (including phenoxy) is 2. The van der Waals surface area contributed by atoms with Gasteiger partial charge in [-0.15, -0.1) is 0 Å². The minimum absolute atomic E-state index is 0.00812. The Labute approximate surface area is 164 Å². The van der Waals surface area contributed by atoms with Crippen LogP contribution in [-0.2, 0) is 11.3 Å². The normalized spacial score (nSPS) is 22.6. The molecule has 7 heteroatoms. The van der Waals surface area contributed by atoms with Gasteiger partial charge in [-0.25, -0.2) is 9.97 Å². The lowest BCUT2D eigenvalue weighted by Crippen LogP contribution is -2.44. The number of hydrogen-bond donors (Lipinski definition) is 1. The van der Waals surface area contributed by atoms with Crippen LogP contribution in [0.3, 0.4) is 0 Å². The predicted octanol–water partition coefficient (Wildman–Crippen LogP) is 1.96. The molecule has 2 fully saturated rings. The Morgan fingerprint density at radius 3 is 3.00 bits per heavy atom. The van der Waals surface area contributed by atoms with Gasteiger partial charge in [0.05, 0.1) is 37.3 Å². The highest BCUT2D eigenvalue weighted by Crippen LogP contribution is 2.40. The summed E-state index contributed by atoms with van der Waals surface area (Å²) in [7, 11) is 0. The van der Waals surface area contributed by atoms with Crippen molar-refractivity contribution >= 4 is 11.5 Å². The van der Waals surface area contributed by atoms with Crippen LogP contribution in [0, 0.1) is 0 Å². The summed E-state index contributed by atoms with van der Waals surface area (Å²) in [5.41, 5.74) is 3.96. The van der Waals surface area contributed by atoms with Gasteiger partial charge in [-0.2, -0.15) is 0 Å². The molecule has 7 nitrogen and oxygen atoms in total. The van der Waals surface area contributed by atoms with Gasteiger partial charge in [-0.1, -0.05) is 6.07 Å². The summed E-state index contributed by atoms with van der Waals surface area (Å²) < 4.78 is 11.7. The van der Waals surface area contributed by atoms with Gasteiger partial charge in [0.1, 0.15) is 23.5 Å². The molecule has 0 spiro atoms. The maximum Gasteiger partial charge on any atom is 0.132 e. The molecule has 0 amide bonds. The monoisotopic (exact) mass is 380 g/mol. The third-order valence-electron chi connectivity index (χ3n) is 5.62. The lowest BCUT2D eigenvalue weighted by molar-refractivity contribution is 0.00335. The molecule has 0 bridgehead atoms. The van der Waals surface area contributed by atoms with Gasteiger partial charge in [-0.3, -0.25) is 4.99 Å². The molecule has 1 aromatic heterocycles. The summed E-state index contributed by atoms with van der Waals surface area (Å²) in [5, 5.41) is 9.39. The fourth-order valence-corrected chi connectivity index (χ4v) is 3.70. The topological polar surface area (TPSA) is 80.1 Å². The molecule has 3 heterocycles. The molecule has 3 aliphatic rings. The predicted molar refractivity (Wildman–Crippen MR) is 105 cm³/mol. The van der Waals surface area contributed by atoms with Crippen LogP contribution < -0.4 is 9.64 Å². The van der Waals surface area contributed by atoms with Gasteiger partial charge >= 0.3 is 0 Å². The van der Waals surface area contributed by atoms with Crippen LogP contribution in [0.5, 0.6) is 5.75 Å². The number of rotatable bonds is 5. The first-order valence-corrected chi connectivity index (χ1v) is 9.80. The molecule has 146 valence electrons. The molecule has 0 radical (unpaired) electrons. The molecule has 1 saturated carbocycles. The number of aliphatic imine (C=N–C) groups is 1. The number of benzene rings is 1. The van der Waals surface area contributed by atoms with E-state index in [9.17, 15) is 5.11 Å². The minimum atomic E-state index is -0.180. The van der Waals surface area contributed by atoms with Crippen molar-refractivity contribution in [1.29, 1.82) is 0 Å². The fourth-order valence-electron chi connectivity index (χ4n) is 3.70. The highest BCUT2D eigenvalue weighted by molar-refractivity contribution is 6.14. The number of fused-ring (bicyclic) bond motifs is 1. The van der Waals surface area contributed by atoms with E-state index in [1.54, 1.807) is 6.33 Å². The van der Waals surface area contributed by atoms with Crippen molar-refractivity contribution in [2.45, 2.75) is 38.0 Å². The second-order valence-corrected chi connectivity index (χ2v) is 7.92. The fraction of sp³-hybridized carbons (Fsp3) is 0.476. The van der Waals surface area contributed by atoms with Crippen molar-refractivity contribution in [1.82, 2.24) is 9.97 Å². The van der Waals surface area contributed by atoms with Crippen LogP contribution in [0.25, 0.3) is 0 Å². The first-order valence-electron chi connectivity index (χ1n) is 9.80. The van der Waals surface area contributed by atoms with E-state index in [0.717, 1.165) is 47.9 Å². The Bertz CT molecular complexity index is 926. The van der Waals surface area contributed by atoms with E-state index in [1.807, 2.05) is 12.1 Å². The van der Waals surface area contributed by atoms with Crippen molar-refractivity contribution < 1.29 is 14.6 Å². The highest BCUT2D eigenvalue weighted by Gasteiger charge is 2.40. The Morgan fingerprint density at radius 2 is 2.18 bits per heavy atom. The molecule has 2 aromatic rings. The van der Waals surface area contributed by atoms with E-state index in [0.29, 0.717) is 19.7 Å². The van der Waals surface area contributed by atoms with Crippen LogP contribution in [0.4, 0.5) is 5.82 Å². The Balaban J connectivity index is 1.41. The third-order valence-corrected chi connectivity index (χ3v) is 5.62. The van der Waals surface area contributed by atoms with Gasteiger partial charge < -0.3 is 19.5 Å². The van der Waals surface area contributed by atoms with Crippen molar-refractivity contribution in [3.05, 3.63) is 47.4 Å². The second kappa shape index (κ2) is 6.83. The van der Waals surface area contributed by atoms with Crippen molar-refractivity contribution in [2.75, 3.05) is 31.2 Å². The third kappa shape index (κ3) is 3.36. The van der Waals surface area contributed by atoms with Crippen LogP contribution in [-0.4, -0.2) is 58.8 Å². The summed E-state index contributed by atoms with van der Waals surface area (Å²) in [6, 6.07) is 8.20. The molecular weight excluding hydrogens is 356 g/mol. The van der Waals surface area contributed by atoms with Crippen LogP contribution in [0.2, 0.25) is 0 Å². The van der Waals surface area contributed by atoms with Crippen molar-refractivity contribution in [2.24, 2.45) is 4.99 Å². The SMILES string of the molecule is CC1(Oc2ccc3c(c2)C(c2cc(N4CCO[C@H](CO)C4)ncn2)=NC3)CC1. The van der Waals surface area contributed by atoms with Gasteiger partial charge in [0.25, 0.3) is 0 Å². The number of morpholine rings is 1. The smallest absolute Gasteiger partial charge is 0.132 e. The van der Waals surface area contributed by atoms with E-state index >= 15 is 0 Å². The molecular formula is C21H24N4O3. The van der Waals surface area contributed by atoms with Gasteiger partial charge in [-0.05, 0) is 37.5 Å². The molecule has 5 rings (SSSR count). The number of nitrogens with zero attached hydrogens (tertiary/aromatic N) is 4. The molecule has 1 N–H and O–H groups in total. The molecule has 2 aliphatic heterocycles. The molecule has 1 aliphatic carbocycles. The number of aliphatic hydroxyl groups is 1. The first-order chi connectivity index (χ1) is 13.6. The van der Waals surface area contributed by atoms with E-state index in [4.69, 9.17) is 14.5 Å². The molecule has 28 heavy (non-hydrogen) atoms. The largest absolute Gasteiger partial charge is 0.488 e. The number of aromatic nitrogens is 2. The Kier molecular flexibility index (Phi) is 4.29. The number of aliphatic hydroxyl groups excluding tert-OH is 1. The van der Waals surface area contributed by atoms with E-state index < -0.39 is 0 Å².